The standard InChI is InChI=1S/C20H34O6/c1-5-7-9-11-13-24-18(21)15-16(3)19(22)26-17(4)20(23)25-14-12-10-8-6-2/h15,17H,5-14H2,1-4H3/b16-15-. The minimum absolute atomic E-state index is 0.0890. The summed E-state index contributed by atoms with van der Waals surface area (Å²) in [5.41, 5.74) is 0.0890. The number of carbonyl (C=O) groups is 3. The smallest absolute Gasteiger partial charge is 0.347 e. The van der Waals surface area contributed by atoms with Crippen LogP contribution in [0.5, 0.6) is 0 Å². The highest BCUT2D eigenvalue weighted by molar-refractivity contribution is 5.96. The van der Waals surface area contributed by atoms with E-state index in [0.29, 0.717) is 13.2 Å². The van der Waals surface area contributed by atoms with Crippen LogP contribution in [-0.4, -0.2) is 37.2 Å². The molecule has 0 aromatic rings. The molecule has 1 unspecified atom stereocenters. The second kappa shape index (κ2) is 15.4. The lowest BCUT2D eigenvalue weighted by Crippen LogP contribution is -2.27. The fraction of sp³-hybridized carbons (Fsp3) is 0.750. The van der Waals surface area contributed by atoms with E-state index in [1.165, 1.54) is 13.8 Å². The molecule has 6 heteroatoms. The van der Waals surface area contributed by atoms with E-state index in [0.717, 1.165) is 57.4 Å². The van der Waals surface area contributed by atoms with Crippen molar-refractivity contribution in [3.8, 4) is 0 Å². The van der Waals surface area contributed by atoms with E-state index in [9.17, 15) is 14.4 Å². The van der Waals surface area contributed by atoms with E-state index in [1.54, 1.807) is 0 Å². The Balaban J connectivity index is 4.13. The minimum atomic E-state index is -1.01. The molecule has 0 saturated carbocycles. The summed E-state index contributed by atoms with van der Waals surface area (Å²) < 4.78 is 15.1. The van der Waals surface area contributed by atoms with Gasteiger partial charge in [-0.2, -0.15) is 0 Å². The molecule has 0 aliphatic rings. The summed E-state index contributed by atoms with van der Waals surface area (Å²) in [4.78, 5) is 35.3. The first-order valence-electron chi connectivity index (χ1n) is 9.65. The van der Waals surface area contributed by atoms with Crippen molar-refractivity contribution in [1.29, 1.82) is 0 Å². The molecule has 0 N–H and O–H groups in total. The van der Waals surface area contributed by atoms with Gasteiger partial charge >= 0.3 is 17.9 Å². The van der Waals surface area contributed by atoms with Crippen LogP contribution in [0.25, 0.3) is 0 Å². The van der Waals surface area contributed by atoms with Crippen LogP contribution in [-0.2, 0) is 28.6 Å². The van der Waals surface area contributed by atoms with Gasteiger partial charge < -0.3 is 14.2 Å². The van der Waals surface area contributed by atoms with Gasteiger partial charge in [-0.05, 0) is 26.7 Å². The molecule has 0 bridgehead atoms. The lowest BCUT2D eigenvalue weighted by molar-refractivity contribution is -0.164. The van der Waals surface area contributed by atoms with Crippen molar-refractivity contribution in [2.24, 2.45) is 0 Å². The van der Waals surface area contributed by atoms with E-state index in [1.807, 2.05) is 0 Å². The van der Waals surface area contributed by atoms with Gasteiger partial charge in [-0.3, -0.25) is 0 Å². The lowest BCUT2D eigenvalue weighted by atomic mass is 10.2. The first kappa shape index (κ1) is 24.1. The van der Waals surface area contributed by atoms with Gasteiger partial charge in [0.15, 0.2) is 6.10 Å². The summed E-state index contributed by atoms with van der Waals surface area (Å²) in [6.45, 7) is 7.76. The molecule has 0 radical (unpaired) electrons. The van der Waals surface area contributed by atoms with Crippen LogP contribution in [0.15, 0.2) is 11.6 Å². The Morgan fingerprint density at radius 2 is 1.38 bits per heavy atom. The molecule has 0 amide bonds. The maximum Gasteiger partial charge on any atom is 0.347 e. The molecule has 0 spiro atoms. The second-order valence-electron chi connectivity index (χ2n) is 6.33. The van der Waals surface area contributed by atoms with Crippen molar-refractivity contribution >= 4 is 17.9 Å². The first-order valence-corrected chi connectivity index (χ1v) is 9.65. The van der Waals surface area contributed by atoms with Crippen molar-refractivity contribution in [1.82, 2.24) is 0 Å². The van der Waals surface area contributed by atoms with Gasteiger partial charge in [0.25, 0.3) is 0 Å². The highest BCUT2D eigenvalue weighted by Gasteiger charge is 2.20. The number of hydrogen-bond donors (Lipinski definition) is 0. The number of carbonyl (C=O) groups excluding carboxylic acids is 3. The van der Waals surface area contributed by atoms with Crippen molar-refractivity contribution in [3.63, 3.8) is 0 Å². The molecule has 6 nitrogen and oxygen atoms in total. The van der Waals surface area contributed by atoms with Crippen LogP contribution >= 0.6 is 0 Å². The van der Waals surface area contributed by atoms with Gasteiger partial charge in [-0.25, -0.2) is 14.4 Å². The normalized spacial score (nSPS) is 12.4. The molecule has 0 aliphatic carbocycles. The summed E-state index contributed by atoms with van der Waals surface area (Å²) in [7, 11) is 0. The lowest BCUT2D eigenvalue weighted by Gasteiger charge is -2.13. The fourth-order valence-corrected chi connectivity index (χ4v) is 2.10. The quantitative estimate of drug-likeness (QED) is 0.198. The van der Waals surface area contributed by atoms with Gasteiger partial charge in [0, 0.05) is 11.6 Å². The third-order valence-corrected chi connectivity index (χ3v) is 3.76. The molecule has 0 heterocycles. The van der Waals surface area contributed by atoms with E-state index in [4.69, 9.17) is 14.2 Å². The summed E-state index contributed by atoms with van der Waals surface area (Å²) in [6.07, 6.45) is 8.10. The Bertz CT molecular complexity index is 455. The van der Waals surface area contributed by atoms with Gasteiger partial charge in [-0.15, -0.1) is 0 Å². The van der Waals surface area contributed by atoms with Crippen molar-refractivity contribution in [3.05, 3.63) is 11.6 Å². The molecule has 0 saturated heterocycles. The van der Waals surface area contributed by atoms with E-state index in [2.05, 4.69) is 13.8 Å². The molecule has 150 valence electrons. The molecule has 26 heavy (non-hydrogen) atoms. The zero-order valence-corrected chi connectivity index (χ0v) is 16.7. The third-order valence-electron chi connectivity index (χ3n) is 3.76. The summed E-state index contributed by atoms with van der Waals surface area (Å²) in [5, 5.41) is 0. The van der Waals surface area contributed by atoms with Crippen LogP contribution in [0, 0.1) is 0 Å². The van der Waals surface area contributed by atoms with Gasteiger partial charge in [0.05, 0.1) is 13.2 Å². The zero-order chi connectivity index (χ0) is 19.8. The number of ether oxygens (including phenoxy) is 3. The topological polar surface area (TPSA) is 78.9 Å². The molecular formula is C20H34O6. The third kappa shape index (κ3) is 12.5. The van der Waals surface area contributed by atoms with Gasteiger partial charge in [0.1, 0.15) is 0 Å². The number of hydrogen-bond acceptors (Lipinski definition) is 6. The summed E-state index contributed by atoms with van der Waals surface area (Å²) in [6, 6.07) is 0. The molecule has 0 rings (SSSR count). The fourth-order valence-electron chi connectivity index (χ4n) is 2.10. The van der Waals surface area contributed by atoms with Crippen molar-refractivity contribution < 1.29 is 28.6 Å². The van der Waals surface area contributed by atoms with Crippen LogP contribution < -0.4 is 0 Å². The van der Waals surface area contributed by atoms with Gasteiger partial charge in [0.2, 0.25) is 0 Å². The molecule has 0 aliphatic heterocycles. The van der Waals surface area contributed by atoms with Crippen LogP contribution in [0.3, 0.4) is 0 Å². The average Bonchev–Trinajstić information content (AvgIpc) is 2.60. The van der Waals surface area contributed by atoms with Crippen LogP contribution in [0.1, 0.15) is 79.1 Å². The highest BCUT2D eigenvalue weighted by Crippen LogP contribution is 2.05. The largest absolute Gasteiger partial charge is 0.463 e. The van der Waals surface area contributed by atoms with Crippen LogP contribution in [0.2, 0.25) is 0 Å². The SMILES string of the molecule is CCCCCCOC(=O)/C=C(/C)C(=O)OC(C)C(=O)OCCCCCC. The Morgan fingerprint density at radius 3 is 1.92 bits per heavy atom. The van der Waals surface area contributed by atoms with E-state index >= 15 is 0 Å². The first-order chi connectivity index (χ1) is 12.4. The van der Waals surface area contributed by atoms with E-state index < -0.39 is 24.0 Å². The Morgan fingerprint density at radius 1 is 0.846 bits per heavy atom. The predicted octanol–water partition coefficient (Wildman–Crippen LogP) is 4.11. The summed E-state index contributed by atoms with van der Waals surface area (Å²) in [5.74, 6) is -1.90. The van der Waals surface area contributed by atoms with Crippen LogP contribution in [0.4, 0.5) is 0 Å². The van der Waals surface area contributed by atoms with E-state index in [-0.39, 0.29) is 5.57 Å². The molecular weight excluding hydrogens is 336 g/mol. The second-order valence-corrected chi connectivity index (χ2v) is 6.33. The Labute approximate surface area is 157 Å². The minimum Gasteiger partial charge on any atom is -0.463 e. The average molecular weight is 370 g/mol. The molecule has 0 aromatic heterocycles. The number of unbranched alkanes of at least 4 members (excludes halogenated alkanes) is 6. The Hall–Kier alpha value is -1.85. The summed E-state index contributed by atoms with van der Waals surface area (Å²) >= 11 is 0. The zero-order valence-electron chi connectivity index (χ0n) is 16.7. The molecule has 0 fully saturated rings. The number of rotatable bonds is 14. The maximum atomic E-state index is 11.9. The maximum absolute atomic E-state index is 11.9. The molecule has 0 aromatic carbocycles. The van der Waals surface area contributed by atoms with Gasteiger partial charge in [-0.1, -0.05) is 52.4 Å². The highest BCUT2D eigenvalue weighted by atomic mass is 16.6. The predicted molar refractivity (Wildman–Crippen MR) is 99.5 cm³/mol. The van der Waals surface area contributed by atoms with Crippen molar-refractivity contribution in [2.45, 2.75) is 85.2 Å². The Kier molecular flexibility index (Phi) is 14.3. The molecule has 1 atom stereocenters. The monoisotopic (exact) mass is 370 g/mol. The number of esters is 3. The van der Waals surface area contributed by atoms with Crippen molar-refractivity contribution in [2.75, 3.05) is 13.2 Å².